The average Bonchev–Trinajstić information content (AvgIpc) is 2.34. The predicted molar refractivity (Wildman–Crippen MR) is 74.7 cm³/mol. The Morgan fingerprint density at radius 1 is 0.958 bits per heavy atom. The predicted octanol–water partition coefficient (Wildman–Crippen LogP) is 4.67. The molecule has 0 fully saturated rings. The smallest absolute Gasteiger partial charge is 0.372 e. The van der Waals surface area contributed by atoms with Gasteiger partial charge in [-0.1, -0.05) is 0 Å². The standard InChI is InChI=1S/C12H18Cl2F7NO2/c1-8(23-4,6-5-7-22(2)3)9(15,16)12(20,21)24-11(14,19)10(13,17)18/h5-7H2,1-4H3. The van der Waals surface area contributed by atoms with Gasteiger partial charge in [0.15, 0.2) is 0 Å². The van der Waals surface area contributed by atoms with Gasteiger partial charge in [0, 0.05) is 7.11 Å². The average molecular weight is 412 g/mol. The fraction of sp³-hybridized carbons (Fsp3) is 1.00. The molecular formula is C12H18Cl2F7NO2. The fourth-order valence-electron chi connectivity index (χ4n) is 1.71. The van der Waals surface area contributed by atoms with Crippen LogP contribution in [-0.2, 0) is 9.47 Å². The molecule has 0 aromatic rings. The van der Waals surface area contributed by atoms with Crippen LogP contribution in [0.1, 0.15) is 19.8 Å². The third-order valence-electron chi connectivity index (χ3n) is 3.33. The minimum absolute atomic E-state index is 0.00365. The van der Waals surface area contributed by atoms with Gasteiger partial charge in [-0.3, -0.25) is 4.74 Å². The van der Waals surface area contributed by atoms with Crippen LogP contribution in [0.5, 0.6) is 0 Å². The van der Waals surface area contributed by atoms with E-state index in [9.17, 15) is 30.7 Å². The molecule has 0 saturated heterocycles. The van der Waals surface area contributed by atoms with Gasteiger partial charge in [-0.2, -0.15) is 30.7 Å². The minimum atomic E-state index is -5.73. The van der Waals surface area contributed by atoms with Crippen molar-refractivity contribution in [3.63, 3.8) is 0 Å². The number of alkyl halides is 9. The molecule has 0 aromatic carbocycles. The first kappa shape index (κ1) is 24.0. The summed E-state index contributed by atoms with van der Waals surface area (Å²) in [5.74, 6) is -5.20. The van der Waals surface area contributed by atoms with Gasteiger partial charge in [0.25, 0.3) is 0 Å². The molecule has 24 heavy (non-hydrogen) atoms. The molecule has 0 spiro atoms. The van der Waals surface area contributed by atoms with E-state index in [0.717, 1.165) is 7.11 Å². The van der Waals surface area contributed by atoms with E-state index in [-0.39, 0.29) is 13.0 Å². The third kappa shape index (κ3) is 5.23. The normalized spacial score (nSPS) is 19.2. The molecule has 0 aliphatic heterocycles. The molecule has 0 aromatic heterocycles. The molecule has 0 bridgehead atoms. The van der Waals surface area contributed by atoms with Crippen molar-refractivity contribution in [2.45, 2.75) is 48.1 Å². The Hall–Kier alpha value is -0.0300. The van der Waals surface area contributed by atoms with E-state index in [1.54, 1.807) is 19.0 Å². The summed E-state index contributed by atoms with van der Waals surface area (Å²) in [5.41, 5.74) is -2.85. The van der Waals surface area contributed by atoms with Crippen LogP contribution in [0.3, 0.4) is 0 Å². The SMILES string of the molecule is COC(C)(CCCN(C)C)C(F)(F)C(F)(F)OC(F)(Cl)C(F)(F)Cl. The molecule has 12 heteroatoms. The zero-order chi connectivity index (χ0) is 19.6. The summed E-state index contributed by atoms with van der Waals surface area (Å²) in [6.07, 6.45) is -6.34. The summed E-state index contributed by atoms with van der Waals surface area (Å²) in [5, 5.41) is -10.2. The topological polar surface area (TPSA) is 21.7 Å². The molecule has 0 aliphatic rings. The molecular weight excluding hydrogens is 394 g/mol. The maximum absolute atomic E-state index is 14.2. The van der Waals surface area contributed by atoms with Gasteiger partial charge >= 0.3 is 22.7 Å². The lowest BCUT2D eigenvalue weighted by atomic mass is 9.91. The molecule has 2 unspecified atom stereocenters. The summed E-state index contributed by atoms with van der Waals surface area (Å²) in [6, 6.07) is 0. The number of hydrogen-bond donors (Lipinski definition) is 0. The van der Waals surface area contributed by atoms with Crippen LogP contribution in [-0.4, -0.2) is 61.0 Å². The molecule has 146 valence electrons. The van der Waals surface area contributed by atoms with E-state index >= 15 is 0 Å². The highest BCUT2D eigenvalue weighted by molar-refractivity contribution is 6.31. The molecule has 0 radical (unpaired) electrons. The molecule has 0 amide bonds. The number of halogens is 9. The highest BCUT2D eigenvalue weighted by Crippen LogP contribution is 2.52. The molecule has 0 aliphatic carbocycles. The van der Waals surface area contributed by atoms with E-state index in [2.05, 4.69) is 32.7 Å². The zero-order valence-electron chi connectivity index (χ0n) is 13.3. The number of rotatable bonds is 10. The van der Waals surface area contributed by atoms with Crippen molar-refractivity contribution in [2.75, 3.05) is 27.7 Å². The van der Waals surface area contributed by atoms with Gasteiger partial charge in [0.1, 0.15) is 5.60 Å². The third-order valence-corrected chi connectivity index (χ3v) is 3.98. The van der Waals surface area contributed by atoms with E-state index in [4.69, 9.17) is 0 Å². The molecule has 3 nitrogen and oxygen atoms in total. The Balaban J connectivity index is 5.47. The summed E-state index contributed by atoms with van der Waals surface area (Å²) in [4.78, 5) is 1.60. The minimum Gasteiger partial charge on any atom is -0.372 e. The van der Waals surface area contributed by atoms with Crippen LogP contribution in [0.4, 0.5) is 30.7 Å². The zero-order valence-corrected chi connectivity index (χ0v) is 14.8. The van der Waals surface area contributed by atoms with Crippen molar-refractivity contribution in [1.82, 2.24) is 4.90 Å². The van der Waals surface area contributed by atoms with Crippen molar-refractivity contribution in [3.8, 4) is 0 Å². The first-order valence-corrected chi connectivity index (χ1v) is 7.29. The maximum atomic E-state index is 14.2. The Labute approximate surface area is 145 Å². The quantitative estimate of drug-likeness (QED) is 0.385. The molecule has 0 rings (SSSR count). The lowest BCUT2D eigenvalue weighted by Crippen LogP contribution is -2.61. The summed E-state index contributed by atoms with van der Waals surface area (Å²) in [7, 11) is 3.96. The van der Waals surface area contributed by atoms with Crippen LogP contribution in [0.15, 0.2) is 0 Å². The van der Waals surface area contributed by atoms with Crippen molar-refractivity contribution >= 4 is 23.2 Å². The lowest BCUT2D eigenvalue weighted by Gasteiger charge is -2.41. The van der Waals surface area contributed by atoms with Crippen LogP contribution in [0, 0.1) is 0 Å². The Bertz CT molecular complexity index is 419. The molecule has 2 atom stereocenters. The van der Waals surface area contributed by atoms with Crippen molar-refractivity contribution in [2.24, 2.45) is 0 Å². The van der Waals surface area contributed by atoms with Gasteiger partial charge < -0.3 is 9.64 Å². The second kappa shape index (κ2) is 7.69. The van der Waals surface area contributed by atoms with Gasteiger partial charge in [0.2, 0.25) is 0 Å². The van der Waals surface area contributed by atoms with Gasteiger partial charge in [-0.05, 0) is 63.6 Å². The summed E-state index contributed by atoms with van der Waals surface area (Å²) >= 11 is 8.58. The first-order chi connectivity index (χ1) is 10.4. The highest BCUT2D eigenvalue weighted by Gasteiger charge is 2.73. The summed E-state index contributed by atoms with van der Waals surface area (Å²) < 4.78 is 102. The molecule has 0 heterocycles. The second-order valence-electron chi connectivity index (χ2n) is 5.55. The van der Waals surface area contributed by atoms with E-state index in [1.165, 1.54) is 0 Å². The Morgan fingerprint density at radius 3 is 1.75 bits per heavy atom. The van der Waals surface area contributed by atoms with Gasteiger partial charge in [-0.25, -0.2) is 0 Å². The Morgan fingerprint density at radius 2 is 1.42 bits per heavy atom. The molecule has 0 saturated carbocycles. The first-order valence-electron chi connectivity index (χ1n) is 6.54. The fourth-order valence-corrected chi connectivity index (χ4v) is 1.85. The molecule has 0 N–H and O–H groups in total. The van der Waals surface area contributed by atoms with Crippen LogP contribution < -0.4 is 0 Å². The second-order valence-corrected chi connectivity index (χ2v) is 6.51. The monoisotopic (exact) mass is 411 g/mol. The maximum Gasteiger partial charge on any atom is 0.426 e. The number of hydrogen-bond acceptors (Lipinski definition) is 3. The largest absolute Gasteiger partial charge is 0.426 e. The van der Waals surface area contributed by atoms with Gasteiger partial charge in [-0.15, -0.1) is 0 Å². The number of methoxy groups -OCH3 is 1. The van der Waals surface area contributed by atoms with Crippen LogP contribution in [0.25, 0.3) is 0 Å². The Kier molecular flexibility index (Phi) is 7.68. The number of ether oxygens (including phenoxy) is 2. The van der Waals surface area contributed by atoms with Crippen molar-refractivity contribution in [1.29, 1.82) is 0 Å². The summed E-state index contributed by atoms with van der Waals surface area (Å²) in [6.45, 7) is 0.872. The van der Waals surface area contributed by atoms with E-state index in [1.807, 2.05) is 0 Å². The van der Waals surface area contributed by atoms with Crippen molar-refractivity contribution in [3.05, 3.63) is 0 Å². The van der Waals surface area contributed by atoms with Crippen molar-refractivity contribution < 1.29 is 40.2 Å². The van der Waals surface area contributed by atoms with Crippen LogP contribution >= 0.6 is 23.2 Å². The van der Waals surface area contributed by atoms with E-state index < -0.39 is 34.7 Å². The van der Waals surface area contributed by atoms with Crippen LogP contribution in [0.2, 0.25) is 0 Å². The van der Waals surface area contributed by atoms with Gasteiger partial charge in [0.05, 0.1) is 0 Å². The number of nitrogens with zero attached hydrogens (tertiary/aromatic N) is 1. The highest BCUT2D eigenvalue weighted by atomic mass is 35.5. The van der Waals surface area contributed by atoms with E-state index in [0.29, 0.717) is 6.92 Å². The lowest BCUT2D eigenvalue weighted by molar-refractivity contribution is -0.429.